The van der Waals surface area contributed by atoms with Crippen molar-refractivity contribution >= 4 is 63.6 Å². The molecule has 0 aliphatic rings. The lowest BCUT2D eigenvalue weighted by Crippen LogP contribution is -2.30. The zero-order valence-electron chi connectivity index (χ0n) is 25.9. The van der Waals surface area contributed by atoms with Crippen LogP contribution in [0.15, 0.2) is 119 Å². The van der Waals surface area contributed by atoms with Crippen molar-refractivity contribution in [1.29, 1.82) is 0 Å². The Labute approximate surface area is 285 Å². The second-order valence-electron chi connectivity index (χ2n) is 10.5. The van der Waals surface area contributed by atoms with E-state index in [0.29, 0.717) is 37.8 Å². The summed E-state index contributed by atoms with van der Waals surface area (Å²) in [5.41, 5.74) is 4.13. The van der Waals surface area contributed by atoms with Gasteiger partial charge in [-0.15, -0.1) is 23.1 Å². The number of amides is 3. The van der Waals surface area contributed by atoms with Gasteiger partial charge in [0.2, 0.25) is 5.91 Å². The second kappa shape index (κ2) is 15.9. The summed E-state index contributed by atoms with van der Waals surface area (Å²) in [6, 6.07) is 28.6. The maximum absolute atomic E-state index is 13.5. The van der Waals surface area contributed by atoms with Gasteiger partial charge in [-0.25, -0.2) is 9.18 Å². The maximum atomic E-state index is 13.5. The van der Waals surface area contributed by atoms with Gasteiger partial charge in [-0.3, -0.25) is 14.4 Å². The topological polar surface area (TPSA) is 114 Å². The average Bonchev–Trinajstić information content (AvgIpc) is 3.51. The third-order valence-corrected chi connectivity index (χ3v) is 8.86. The molecule has 1 heterocycles. The molecule has 11 heteroatoms. The van der Waals surface area contributed by atoms with E-state index < -0.39 is 23.6 Å². The first-order chi connectivity index (χ1) is 23.2. The Morgan fingerprint density at radius 2 is 1.60 bits per heavy atom. The van der Waals surface area contributed by atoms with Crippen LogP contribution in [0.2, 0.25) is 0 Å². The molecular formula is C37H30FN3O5S2. The minimum Gasteiger partial charge on any atom is -0.465 e. The van der Waals surface area contributed by atoms with Crippen LogP contribution in [0, 0.1) is 12.7 Å². The van der Waals surface area contributed by atoms with Crippen molar-refractivity contribution in [3.8, 4) is 11.1 Å². The van der Waals surface area contributed by atoms with Crippen LogP contribution in [0.5, 0.6) is 0 Å². The van der Waals surface area contributed by atoms with E-state index in [0.717, 1.165) is 11.1 Å². The Morgan fingerprint density at radius 3 is 2.31 bits per heavy atom. The highest BCUT2D eigenvalue weighted by molar-refractivity contribution is 8.00. The second-order valence-corrected chi connectivity index (χ2v) is 12.4. The summed E-state index contributed by atoms with van der Waals surface area (Å²) in [6.07, 6.45) is 1.45. The zero-order valence-corrected chi connectivity index (χ0v) is 27.5. The molecule has 0 fully saturated rings. The molecule has 5 aromatic rings. The minimum atomic E-state index is -0.596. The van der Waals surface area contributed by atoms with Crippen molar-refractivity contribution in [2.45, 2.75) is 11.8 Å². The van der Waals surface area contributed by atoms with Crippen molar-refractivity contribution in [2.24, 2.45) is 0 Å². The first-order valence-corrected chi connectivity index (χ1v) is 16.5. The van der Waals surface area contributed by atoms with E-state index >= 15 is 0 Å². The molecule has 0 saturated carbocycles. The molecule has 0 radical (unpaired) electrons. The molecule has 0 aliphatic heterocycles. The molecule has 5 rings (SSSR count). The van der Waals surface area contributed by atoms with Crippen LogP contribution >= 0.6 is 23.1 Å². The highest BCUT2D eigenvalue weighted by Crippen LogP contribution is 2.36. The number of halogens is 1. The van der Waals surface area contributed by atoms with Crippen LogP contribution in [0.4, 0.5) is 15.1 Å². The van der Waals surface area contributed by atoms with Crippen molar-refractivity contribution in [2.75, 3.05) is 23.5 Å². The van der Waals surface area contributed by atoms with Gasteiger partial charge in [0.05, 0.1) is 12.9 Å². The number of aryl methyl sites for hydroxylation is 1. The van der Waals surface area contributed by atoms with E-state index in [1.807, 2.05) is 36.6 Å². The van der Waals surface area contributed by atoms with Crippen LogP contribution in [-0.2, 0) is 14.3 Å². The standard InChI is InChI=1S/C37H30FN3O5S2/c1-23-11-15-25(16-12-23)30-21-48-36(33(30)37(45)46-2)41-32(42)22-47-29-10-6-9-28(20-29)39-35(44)31(19-24-13-17-27(38)18-14-24)40-34(43)26-7-4-3-5-8-26/h3-21H,22H2,1-2H3,(H,39,44)(H,40,43)(H,41,42)/b31-19-. The number of carbonyl (C=O) groups is 4. The number of carbonyl (C=O) groups excluding carboxylic acids is 4. The Balaban J connectivity index is 1.26. The summed E-state index contributed by atoms with van der Waals surface area (Å²) in [7, 11) is 1.30. The van der Waals surface area contributed by atoms with Gasteiger partial charge < -0.3 is 20.7 Å². The number of esters is 1. The van der Waals surface area contributed by atoms with Crippen LogP contribution < -0.4 is 16.0 Å². The van der Waals surface area contributed by atoms with E-state index in [1.165, 1.54) is 60.5 Å². The molecule has 0 atom stereocenters. The molecule has 0 saturated heterocycles. The van der Waals surface area contributed by atoms with E-state index in [9.17, 15) is 23.6 Å². The van der Waals surface area contributed by atoms with Crippen molar-refractivity contribution < 1.29 is 28.3 Å². The first kappa shape index (κ1) is 33.8. The van der Waals surface area contributed by atoms with Gasteiger partial charge in [0.1, 0.15) is 22.1 Å². The Bertz CT molecular complexity index is 1970. The van der Waals surface area contributed by atoms with Crippen LogP contribution in [0.1, 0.15) is 31.8 Å². The van der Waals surface area contributed by atoms with E-state index in [-0.39, 0.29) is 17.4 Å². The lowest BCUT2D eigenvalue weighted by molar-refractivity contribution is -0.114. The number of anilines is 2. The fraction of sp³-hybridized carbons (Fsp3) is 0.0811. The summed E-state index contributed by atoms with van der Waals surface area (Å²) in [4.78, 5) is 52.7. The van der Waals surface area contributed by atoms with E-state index in [1.54, 1.807) is 54.6 Å². The van der Waals surface area contributed by atoms with E-state index in [2.05, 4.69) is 16.0 Å². The largest absolute Gasteiger partial charge is 0.465 e. The quantitative estimate of drug-likeness (QED) is 0.0747. The molecule has 0 bridgehead atoms. The van der Waals surface area contributed by atoms with Gasteiger partial charge in [-0.1, -0.05) is 66.2 Å². The number of methoxy groups -OCH3 is 1. The average molecular weight is 680 g/mol. The summed E-state index contributed by atoms with van der Waals surface area (Å²) in [5, 5.41) is 10.5. The van der Waals surface area contributed by atoms with Crippen molar-refractivity contribution in [3.05, 3.63) is 142 Å². The van der Waals surface area contributed by atoms with Gasteiger partial charge in [-0.05, 0) is 66.6 Å². The van der Waals surface area contributed by atoms with Crippen LogP contribution in [0.25, 0.3) is 17.2 Å². The molecule has 0 unspecified atom stereocenters. The van der Waals surface area contributed by atoms with Gasteiger partial charge in [0.15, 0.2) is 0 Å². The fourth-order valence-electron chi connectivity index (χ4n) is 4.54. The summed E-state index contributed by atoms with van der Waals surface area (Å²) < 4.78 is 18.5. The Kier molecular flexibility index (Phi) is 11.2. The predicted octanol–water partition coefficient (Wildman–Crippen LogP) is 7.79. The molecule has 1 aromatic heterocycles. The number of hydrogen-bond acceptors (Lipinski definition) is 7. The van der Waals surface area contributed by atoms with Crippen LogP contribution in [-0.4, -0.2) is 36.6 Å². The molecule has 0 aliphatic carbocycles. The lowest BCUT2D eigenvalue weighted by atomic mass is 10.0. The van der Waals surface area contributed by atoms with Gasteiger partial charge in [0, 0.05) is 27.1 Å². The number of hydrogen-bond donors (Lipinski definition) is 3. The number of ether oxygens (including phenoxy) is 1. The number of thiophene rings is 1. The van der Waals surface area contributed by atoms with E-state index in [4.69, 9.17) is 4.74 Å². The highest BCUT2D eigenvalue weighted by atomic mass is 32.2. The molecule has 3 N–H and O–H groups in total. The zero-order chi connectivity index (χ0) is 34.0. The first-order valence-electron chi connectivity index (χ1n) is 14.6. The number of rotatable bonds is 11. The van der Waals surface area contributed by atoms with Crippen molar-refractivity contribution in [3.63, 3.8) is 0 Å². The molecule has 48 heavy (non-hydrogen) atoms. The Hall–Kier alpha value is -5.52. The summed E-state index contributed by atoms with van der Waals surface area (Å²) in [5.74, 6) is -2.36. The maximum Gasteiger partial charge on any atom is 0.341 e. The Morgan fingerprint density at radius 1 is 0.875 bits per heavy atom. The molecule has 3 amide bonds. The number of benzene rings is 4. The molecule has 0 spiro atoms. The normalized spacial score (nSPS) is 11.0. The number of thioether (sulfide) groups is 1. The van der Waals surface area contributed by atoms with Crippen molar-refractivity contribution in [1.82, 2.24) is 5.32 Å². The third kappa shape index (κ3) is 8.84. The lowest BCUT2D eigenvalue weighted by Gasteiger charge is -2.12. The minimum absolute atomic E-state index is 0.0264. The molecule has 4 aromatic carbocycles. The third-order valence-electron chi connectivity index (χ3n) is 6.97. The SMILES string of the molecule is COC(=O)c1c(-c2ccc(C)cc2)csc1NC(=O)CSc1cccc(NC(=O)/C(=C/c2ccc(F)cc2)NC(=O)c2ccccc2)c1. The molecular weight excluding hydrogens is 650 g/mol. The fourth-order valence-corrected chi connectivity index (χ4v) is 6.27. The predicted molar refractivity (Wildman–Crippen MR) is 189 cm³/mol. The summed E-state index contributed by atoms with van der Waals surface area (Å²) in [6.45, 7) is 1.97. The smallest absolute Gasteiger partial charge is 0.341 e. The number of nitrogens with one attached hydrogen (secondary N) is 3. The van der Waals surface area contributed by atoms with Gasteiger partial charge in [-0.2, -0.15) is 0 Å². The van der Waals surface area contributed by atoms with Crippen LogP contribution in [0.3, 0.4) is 0 Å². The summed E-state index contributed by atoms with van der Waals surface area (Å²) >= 11 is 2.48. The highest BCUT2D eigenvalue weighted by Gasteiger charge is 2.22. The van der Waals surface area contributed by atoms with Gasteiger partial charge in [0.25, 0.3) is 11.8 Å². The van der Waals surface area contributed by atoms with Gasteiger partial charge >= 0.3 is 5.97 Å². The molecule has 8 nitrogen and oxygen atoms in total. The molecule has 242 valence electrons. The monoisotopic (exact) mass is 679 g/mol.